The van der Waals surface area contributed by atoms with Crippen molar-refractivity contribution in [1.82, 2.24) is 4.98 Å². The number of rotatable bonds is 3. The van der Waals surface area contributed by atoms with E-state index in [0.717, 1.165) is 11.6 Å². The molecule has 19 heavy (non-hydrogen) atoms. The van der Waals surface area contributed by atoms with Crippen LogP contribution >= 0.6 is 0 Å². The Bertz CT molecular complexity index is 717. The van der Waals surface area contributed by atoms with Crippen LogP contribution in [0.4, 0.5) is 10.1 Å². The highest BCUT2D eigenvalue weighted by molar-refractivity contribution is 7.92. The number of benzene rings is 1. The SMILES string of the molecule is Cc1ccc(O)c(NS(=O)(=O)c2ncccc2F)c1. The van der Waals surface area contributed by atoms with Crippen molar-refractivity contribution in [2.45, 2.75) is 11.9 Å². The first-order chi connectivity index (χ1) is 8.90. The molecule has 0 saturated carbocycles. The van der Waals surface area contributed by atoms with E-state index in [-0.39, 0.29) is 11.4 Å². The summed E-state index contributed by atoms with van der Waals surface area (Å²) in [7, 11) is -4.18. The number of anilines is 1. The first kappa shape index (κ1) is 13.3. The van der Waals surface area contributed by atoms with Crippen molar-refractivity contribution in [2.24, 2.45) is 0 Å². The highest BCUT2D eigenvalue weighted by Gasteiger charge is 2.21. The Morgan fingerprint density at radius 2 is 2.05 bits per heavy atom. The average Bonchev–Trinajstić information content (AvgIpc) is 2.34. The third-order valence-corrected chi connectivity index (χ3v) is 3.67. The van der Waals surface area contributed by atoms with Crippen LogP contribution in [0.25, 0.3) is 0 Å². The van der Waals surface area contributed by atoms with Crippen molar-refractivity contribution in [1.29, 1.82) is 0 Å². The summed E-state index contributed by atoms with van der Waals surface area (Å²) < 4.78 is 39.5. The molecule has 2 N–H and O–H groups in total. The monoisotopic (exact) mass is 282 g/mol. The lowest BCUT2D eigenvalue weighted by Crippen LogP contribution is -2.16. The molecule has 0 bridgehead atoms. The number of phenols is 1. The molecule has 0 spiro atoms. The molecule has 2 rings (SSSR count). The lowest BCUT2D eigenvalue weighted by atomic mass is 10.2. The van der Waals surface area contributed by atoms with E-state index in [9.17, 15) is 17.9 Å². The smallest absolute Gasteiger partial charge is 0.282 e. The third-order valence-electron chi connectivity index (χ3n) is 2.38. The molecule has 100 valence electrons. The summed E-state index contributed by atoms with van der Waals surface area (Å²) in [6.45, 7) is 1.73. The van der Waals surface area contributed by atoms with E-state index in [1.54, 1.807) is 13.0 Å². The molecule has 0 aliphatic heterocycles. The Balaban J connectivity index is 2.43. The fraction of sp³-hybridized carbons (Fsp3) is 0.0833. The molecular formula is C12H11FN2O3S. The lowest BCUT2D eigenvalue weighted by Gasteiger charge is -2.10. The second kappa shape index (κ2) is 4.85. The Labute approximate surface area is 109 Å². The van der Waals surface area contributed by atoms with E-state index < -0.39 is 20.9 Å². The lowest BCUT2D eigenvalue weighted by molar-refractivity contribution is 0.477. The number of nitrogens with zero attached hydrogens (tertiary/aromatic N) is 1. The van der Waals surface area contributed by atoms with Crippen LogP contribution in [0.5, 0.6) is 5.75 Å². The van der Waals surface area contributed by atoms with Crippen LogP contribution in [0, 0.1) is 12.7 Å². The molecule has 1 aromatic heterocycles. The molecule has 7 heteroatoms. The van der Waals surface area contributed by atoms with Crippen molar-refractivity contribution in [2.75, 3.05) is 4.72 Å². The predicted molar refractivity (Wildman–Crippen MR) is 67.8 cm³/mol. The number of sulfonamides is 1. The van der Waals surface area contributed by atoms with E-state index in [4.69, 9.17) is 0 Å². The molecule has 0 atom stereocenters. The molecule has 0 aliphatic rings. The van der Waals surface area contributed by atoms with Crippen LogP contribution in [-0.4, -0.2) is 18.5 Å². The number of hydrogen-bond donors (Lipinski definition) is 2. The topological polar surface area (TPSA) is 79.3 Å². The molecule has 2 aromatic rings. The highest BCUT2D eigenvalue weighted by Crippen LogP contribution is 2.26. The van der Waals surface area contributed by atoms with Gasteiger partial charge in [0.25, 0.3) is 10.0 Å². The Hall–Kier alpha value is -2.15. The van der Waals surface area contributed by atoms with Crippen molar-refractivity contribution < 1.29 is 17.9 Å². The Kier molecular flexibility index (Phi) is 3.39. The van der Waals surface area contributed by atoms with E-state index >= 15 is 0 Å². The van der Waals surface area contributed by atoms with Crippen molar-refractivity contribution >= 4 is 15.7 Å². The fourth-order valence-electron chi connectivity index (χ4n) is 1.49. The summed E-state index contributed by atoms with van der Waals surface area (Å²) in [5, 5.41) is 8.86. The predicted octanol–water partition coefficient (Wildman–Crippen LogP) is 2.04. The number of hydrogen-bond acceptors (Lipinski definition) is 4. The van der Waals surface area contributed by atoms with Crippen molar-refractivity contribution in [3.8, 4) is 5.75 Å². The second-order valence-corrected chi connectivity index (χ2v) is 5.51. The summed E-state index contributed by atoms with van der Waals surface area (Å²) in [5.41, 5.74) is 0.724. The van der Waals surface area contributed by atoms with Crippen LogP contribution in [0.1, 0.15) is 5.56 Å². The number of aromatic nitrogens is 1. The third kappa shape index (κ3) is 2.82. The molecular weight excluding hydrogens is 271 g/mol. The average molecular weight is 282 g/mol. The first-order valence-corrected chi connectivity index (χ1v) is 6.81. The zero-order chi connectivity index (χ0) is 14.0. The molecule has 5 nitrogen and oxygen atoms in total. The van der Waals surface area contributed by atoms with Crippen LogP contribution in [-0.2, 0) is 10.0 Å². The van der Waals surface area contributed by atoms with Crippen molar-refractivity contribution in [3.63, 3.8) is 0 Å². The molecule has 0 unspecified atom stereocenters. The van der Waals surface area contributed by atoms with Gasteiger partial charge in [0.05, 0.1) is 5.69 Å². The number of pyridine rings is 1. The summed E-state index contributed by atoms with van der Waals surface area (Å²) in [6.07, 6.45) is 1.17. The van der Waals surface area contributed by atoms with E-state index in [0.29, 0.717) is 0 Å². The number of halogens is 1. The molecule has 0 aliphatic carbocycles. The quantitative estimate of drug-likeness (QED) is 0.844. The van der Waals surface area contributed by atoms with Gasteiger partial charge in [-0.15, -0.1) is 0 Å². The van der Waals surface area contributed by atoms with Gasteiger partial charge >= 0.3 is 0 Å². The van der Waals surface area contributed by atoms with Crippen LogP contribution < -0.4 is 4.72 Å². The molecule has 1 aromatic carbocycles. The minimum atomic E-state index is -4.18. The minimum Gasteiger partial charge on any atom is -0.506 e. The zero-order valence-electron chi connectivity index (χ0n) is 9.96. The summed E-state index contributed by atoms with van der Waals surface area (Å²) in [4.78, 5) is 3.49. The second-order valence-electron chi connectivity index (χ2n) is 3.92. The van der Waals surface area contributed by atoms with Crippen LogP contribution in [0.2, 0.25) is 0 Å². The molecule has 1 heterocycles. The first-order valence-electron chi connectivity index (χ1n) is 5.33. The number of nitrogens with one attached hydrogen (secondary N) is 1. The molecule has 0 fully saturated rings. The van der Waals surface area contributed by atoms with E-state index in [1.807, 2.05) is 0 Å². The number of aromatic hydroxyl groups is 1. The Morgan fingerprint density at radius 1 is 1.32 bits per heavy atom. The van der Waals surface area contributed by atoms with Gasteiger partial charge < -0.3 is 5.11 Å². The maximum atomic E-state index is 13.4. The van der Waals surface area contributed by atoms with Gasteiger partial charge in [-0.25, -0.2) is 9.37 Å². The normalized spacial score (nSPS) is 11.3. The zero-order valence-corrected chi connectivity index (χ0v) is 10.8. The molecule has 0 saturated heterocycles. The number of phenolic OH excluding ortho intramolecular Hbond substituents is 1. The summed E-state index contributed by atoms with van der Waals surface area (Å²) >= 11 is 0. The van der Waals surface area contributed by atoms with Gasteiger partial charge in [-0.2, -0.15) is 8.42 Å². The Morgan fingerprint density at radius 3 is 2.74 bits per heavy atom. The van der Waals surface area contributed by atoms with E-state index in [2.05, 4.69) is 9.71 Å². The van der Waals surface area contributed by atoms with Gasteiger partial charge in [0.2, 0.25) is 5.03 Å². The van der Waals surface area contributed by atoms with Gasteiger partial charge in [-0.1, -0.05) is 6.07 Å². The van der Waals surface area contributed by atoms with Gasteiger partial charge in [-0.05, 0) is 36.8 Å². The highest BCUT2D eigenvalue weighted by atomic mass is 32.2. The van der Waals surface area contributed by atoms with Crippen LogP contribution in [0.3, 0.4) is 0 Å². The maximum Gasteiger partial charge on any atom is 0.282 e. The van der Waals surface area contributed by atoms with E-state index in [1.165, 1.54) is 24.4 Å². The number of aryl methyl sites for hydroxylation is 1. The maximum absolute atomic E-state index is 13.4. The van der Waals surface area contributed by atoms with Gasteiger partial charge in [0, 0.05) is 6.20 Å². The van der Waals surface area contributed by atoms with Crippen LogP contribution in [0.15, 0.2) is 41.6 Å². The molecule has 0 amide bonds. The largest absolute Gasteiger partial charge is 0.506 e. The van der Waals surface area contributed by atoms with Gasteiger partial charge in [0.15, 0.2) is 5.82 Å². The van der Waals surface area contributed by atoms with Gasteiger partial charge in [0.1, 0.15) is 5.75 Å². The van der Waals surface area contributed by atoms with Crippen molar-refractivity contribution in [3.05, 3.63) is 47.9 Å². The van der Waals surface area contributed by atoms with Gasteiger partial charge in [-0.3, -0.25) is 4.72 Å². The standard InChI is InChI=1S/C12H11FN2O3S/c1-8-4-5-11(16)10(7-8)15-19(17,18)12-9(13)3-2-6-14-12/h2-7,15-16H,1H3. The fourth-order valence-corrected chi connectivity index (χ4v) is 2.57. The summed E-state index contributed by atoms with van der Waals surface area (Å²) in [6, 6.07) is 6.69. The minimum absolute atomic E-state index is 0.0231. The summed E-state index contributed by atoms with van der Waals surface area (Å²) in [5.74, 6) is -1.20. The molecule has 0 radical (unpaired) electrons.